The van der Waals surface area contributed by atoms with E-state index in [1.807, 2.05) is 24.5 Å². The minimum absolute atomic E-state index is 0.131. The van der Waals surface area contributed by atoms with Gasteiger partial charge in [-0.15, -0.1) is 11.8 Å². The predicted molar refractivity (Wildman–Crippen MR) is 98.4 cm³/mol. The molecule has 25 heavy (non-hydrogen) atoms. The molecule has 1 amide bonds. The fraction of sp³-hybridized carbons (Fsp3) is 0.176. The Hall–Kier alpha value is -2.87. The highest BCUT2D eigenvalue weighted by atomic mass is 32.2. The number of carbonyl (C=O) groups is 1. The lowest BCUT2D eigenvalue weighted by molar-refractivity contribution is 0.102. The molecule has 0 aliphatic heterocycles. The van der Waals surface area contributed by atoms with E-state index in [1.54, 1.807) is 6.07 Å². The Morgan fingerprint density at radius 3 is 2.52 bits per heavy atom. The topological polar surface area (TPSA) is 86.0 Å². The molecule has 0 aliphatic rings. The zero-order chi connectivity index (χ0) is 18.1. The number of anilines is 1. The summed E-state index contributed by atoms with van der Waals surface area (Å²) in [4.78, 5) is 41.9. The fourth-order valence-electron chi connectivity index (χ4n) is 2.51. The summed E-state index contributed by atoms with van der Waals surface area (Å²) in [5, 5.41) is 3.09. The van der Waals surface area contributed by atoms with Crippen LogP contribution in [0.5, 0.6) is 0 Å². The van der Waals surface area contributed by atoms with Gasteiger partial charge in [-0.3, -0.25) is 18.7 Å². The highest BCUT2D eigenvalue weighted by Crippen LogP contribution is 2.25. The van der Waals surface area contributed by atoms with Crippen LogP contribution in [0.1, 0.15) is 10.5 Å². The summed E-state index contributed by atoms with van der Waals surface area (Å²) < 4.78 is 2.27. The van der Waals surface area contributed by atoms with E-state index >= 15 is 0 Å². The summed E-state index contributed by atoms with van der Waals surface area (Å²) >= 11 is 1.52. The molecule has 0 fully saturated rings. The first-order valence-electron chi connectivity index (χ1n) is 7.45. The van der Waals surface area contributed by atoms with Crippen LogP contribution in [0.15, 0.2) is 50.9 Å². The van der Waals surface area contributed by atoms with Gasteiger partial charge in [0.05, 0.1) is 11.1 Å². The van der Waals surface area contributed by atoms with Crippen molar-refractivity contribution in [1.29, 1.82) is 0 Å². The Kier molecular flexibility index (Phi) is 4.45. The van der Waals surface area contributed by atoms with E-state index in [9.17, 15) is 14.4 Å². The van der Waals surface area contributed by atoms with Crippen LogP contribution < -0.4 is 16.6 Å². The van der Waals surface area contributed by atoms with Gasteiger partial charge in [-0.05, 0) is 30.5 Å². The molecule has 0 radical (unpaired) electrons. The van der Waals surface area contributed by atoms with Gasteiger partial charge in [0.15, 0.2) is 0 Å². The summed E-state index contributed by atoms with van der Waals surface area (Å²) in [6, 6.07) is 10.4. The van der Waals surface area contributed by atoms with E-state index in [0.717, 1.165) is 9.46 Å². The SMILES string of the molecule is CSc1ccccc1NC(=O)c1ccc2c(=O)n(C)c(=O)n(C)c2n1. The van der Waals surface area contributed by atoms with E-state index in [4.69, 9.17) is 0 Å². The Balaban J connectivity index is 2.06. The van der Waals surface area contributed by atoms with Crippen LogP contribution in [0.3, 0.4) is 0 Å². The van der Waals surface area contributed by atoms with Crippen LogP contribution in [-0.2, 0) is 14.1 Å². The zero-order valence-corrected chi connectivity index (χ0v) is 14.8. The minimum Gasteiger partial charge on any atom is -0.320 e. The van der Waals surface area contributed by atoms with E-state index in [2.05, 4.69) is 10.3 Å². The largest absolute Gasteiger partial charge is 0.332 e. The van der Waals surface area contributed by atoms with Gasteiger partial charge >= 0.3 is 5.69 Å². The van der Waals surface area contributed by atoms with Crippen molar-refractivity contribution in [2.45, 2.75) is 4.90 Å². The van der Waals surface area contributed by atoms with Crippen molar-refractivity contribution in [1.82, 2.24) is 14.1 Å². The maximum Gasteiger partial charge on any atom is 0.332 e. The molecule has 7 nitrogen and oxygen atoms in total. The molecular formula is C17H16N4O3S. The van der Waals surface area contributed by atoms with Gasteiger partial charge in [0.2, 0.25) is 0 Å². The number of thioether (sulfide) groups is 1. The number of carbonyl (C=O) groups excluding carboxylic acids is 1. The molecule has 2 aromatic heterocycles. The van der Waals surface area contributed by atoms with E-state index in [0.29, 0.717) is 5.69 Å². The summed E-state index contributed by atoms with van der Waals surface area (Å²) in [6.07, 6.45) is 1.92. The predicted octanol–water partition coefficient (Wildman–Crippen LogP) is 1.61. The number of amides is 1. The first-order valence-corrected chi connectivity index (χ1v) is 8.67. The molecule has 1 aromatic carbocycles. The maximum atomic E-state index is 12.5. The summed E-state index contributed by atoms with van der Waals surface area (Å²) in [5.41, 5.74) is 0.0610. The number of aryl methyl sites for hydroxylation is 1. The number of hydrogen-bond donors (Lipinski definition) is 1. The highest BCUT2D eigenvalue weighted by molar-refractivity contribution is 7.98. The van der Waals surface area contributed by atoms with E-state index in [-0.39, 0.29) is 16.7 Å². The van der Waals surface area contributed by atoms with Gasteiger partial charge < -0.3 is 5.32 Å². The minimum atomic E-state index is -0.490. The number of hydrogen-bond acceptors (Lipinski definition) is 5. The number of aromatic nitrogens is 3. The van der Waals surface area contributed by atoms with Crippen LogP contribution in [0, 0.1) is 0 Å². The summed E-state index contributed by atoms with van der Waals surface area (Å²) in [7, 11) is 2.92. The van der Waals surface area contributed by atoms with Crippen molar-refractivity contribution in [3.05, 3.63) is 62.9 Å². The standard InChI is InChI=1S/C17H16N4O3S/c1-20-14-10(16(23)21(2)17(20)24)8-9-12(18-14)15(22)19-11-6-4-5-7-13(11)25-3/h4-9H,1-3H3,(H,19,22). The third-order valence-corrected chi connectivity index (χ3v) is 4.69. The lowest BCUT2D eigenvalue weighted by Gasteiger charge is -2.10. The molecule has 128 valence electrons. The zero-order valence-electron chi connectivity index (χ0n) is 13.9. The number of benzene rings is 1. The van der Waals surface area contributed by atoms with Crippen LogP contribution in [-0.4, -0.2) is 26.3 Å². The Morgan fingerprint density at radius 2 is 1.80 bits per heavy atom. The molecule has 0 aliphatic carbocycles. The van der Waals surface area contributed by atoms with Crippen molar-refractivity contribution >= 4 is 34.4 Å². The van der Waals surface area contributed by atoms with Gasteiger partial charge in [-0.2, -0.15) is 0 Å². The van der Waals surface area contributed by atoms with Crippen LogP contribution in [0.2, 0.25) is 0 Å². The summed E-state index contributed by atoms with van der Waals surface area (Å²) in [6.45, 7) is 0. The average molecular weight is 356 g/mol. The lowest BCUT2D eigenvalue weighted by Crippen LogP contribution is -2.37. The molecule has 2 heterocycles. The number of nitrogens with one attached hydrogen (secondary N) is 1. The fourth-order valence-corrected chi connectivity index (χ4v) is 3.07. The molecule has 0 bridgehead atoms. The Bertz CT molecular complexity index is 1100. The molecule has 0 spiro atoms. The van der Waals surface area contributed by atoms with Crippen molar-refractivity contribution in [2.75, 3.05) is 11.6 Å². The normalized spacial score (nSPS) is 10.8. The second-order valence-electron chi connectivity index (χ2n) is 5.43. The molecule has 1 N–H and O–H groups in total. The van der Waals surface area contributed by atoms with Crippen molar-refractivity contribution in [3.63, 3.8) is 0 Å². The quantitative estimate of drug-likeness (QED) is 0.721. The molecule has 3 aromatic rings. The van der Waals surface area contributed by atoms with Gasteiger partial charge in [-0.1, -0.05) is 12.1 Å². The lowest BCUT2D eigenvalue weighted by atomic mass is 10.2. The van der Waals surface area contributed by atoms with Crippen LogP contribution in [0.25, 0.3) is 11.0 Å². The van der Waals surface area contributed by atoms with Gasteiger partial charge in [0, 0.05) is 19.0 Å². The van der Waals surface area contributed by atoms with Gasteiger partial charge in [0.1, 0.15) is 11.3 Å². The maximum absolute atomic E-state index is 12.5. The number of para-hydroxylation sites is 1. The molecular weight excluding hydrogens is 340 g/mol. The number of nitrogens with zero attached hydrogens (tertiary/aromatic N) is 3. The molecule has 0 saturated heterocycles. The number of pyridine rings is 1. The monoisotopic (exact) mass is 356 g/mol. The van der Waals surface area contributed by atoms with Crippen LogP contribution >= 0.6 is 11.8 Å². The Morgan fingerprint density at radius 1 is 1.08 bits per heavy atom. The van der Waals surface area contributed by atoms with Crippen molar-refractivity contribution < 1.29 is 4.79 Å². The molecule has 0 saturated carbocycles. The summed E-state index contributed by atoms with van der Waals surface area (Å²) in [5.74, 6) is -0.406. The van der Waals surface area contributed by atoms with Gasteiger partial charge in [-0.25, -0.2) is 9.78 Å². The molecule has 3 rings (SSSR count). The first kappa shape index (κ1) is 17.0. The average Bonchev–Trinajstić information content (AvgIpc) is 2.64. The van der Waals surface area contributed by atoms with Crippen LogP contribution in [0.4, 0.5) is 5.69 Å². The van der Waals surface area contributed by atoms with Crippen molar-refractivity contribution in [3.8, 4) is 0 Å². The Labute approximate surface area is 147 Å². The highest BCUT2D eigenvalue weighted by Gasteiger charge is 2.14. The smallest absolute Gasteiger partial charge is 0.320 e. The molecule has 0 atom stereocenters. The number of rotatable bonds is 3. The number of fused-ring (bicyclic) bond motifs is 1. The van der Waals surface area contributed by atoms with E-state index < -0.39 is 17.2 Å². The second kappa shape index (κ2) is 6.56. The second-order valence-corrected chi connectivity index (χ2v) is 6.28. The van der Waals surface area contributed by atoms with Gasteiger partial charge in [0.25, 0.3) is 11.5 Å². The third kappa shape index (κ3) is 2.96. The van der Waals surface area contributed by atoms with E-state index in [1.165, 1.54) is 42.6 Å². The van der Waals surface area contributed by atoms with Crippen molar-refractivity contribution in [2.24, 2.45) is 14.1 Å². The third-order valence-electron chi connectivity index (χ3n) is 3.89. The molecule has 8 heteroatoms. The first-order chi connectivity index (χ1) is 11.9. The molecule has 0 unspecified atom stereocenters.